The lowest BCUT2D eigenvalue weighted by molar-refractivity contribution is 0.103. The van der Waals surface area contributed by atoms with E-state index < -0.39 is 5.78 Å². The van der Waals surface area contributed by atoms with Crippen molar-refractivity contribution in [3.63, 3.8) is 0 Å². The number of aromatic hydroxyl groups is 7. The van der Waals surface area contributed by atoms with E-state index in [1.807, 2.05) is 0 Å². The summed E-state index contributed by atoms with van der Waals surface area (Å²) in [7, 11) is 0. The zero-order chi connectivity index (χ0) is 29.4. The second kappa shape index (κ2) is 12.7. The zero-order valence-corrected chi connectivity index (χ0v) is 21.2. The summed E-state index contributed by atoms with van der Waals surface area (Å²) in [6.07, 6.45) is 5.59. The van der Waals surface area contributed by atoms with Crippen molar-refractivity contribution in [2.24, 2.45) is 0 Å². The molecule has 0 bridgehead atoms. The Morgan fingerprint density at radius 1 is 0.500 bits per heavy atom. The molecule has 0 fully saturated rings. The predicted octanol–water partition coefficient (Wildman–Crippen LogP) is 5.41. The molecule has 0 saturated carbocycles. The molecule has 0 amide bonds. The molecule has 0 unspecified atom stereocenters. The number of phenols is 7. The van der Waals surface area contributed by atoms with Crippen LogP contribution in [0.4, 0.5) is 0 Å². The number of carbonyl (C=O) groups is 2. The van der Waals surface area contributed by atoms with Gasteiger partial charge in [0.05, 0.1) is 11.1 Å². The monoisotopic (exact) mass is 542 g/mol. The molecule has 0 aliphatic rings. The van der Waals surface area contributed by atoms with Gasteiger partial charge in [0, 0.05) is 12.1 Å². The Balaban J connectivity index is 0.000000220. The molecule has 4 aromatic carbocycles. The molecule has 0 spiro atoms. The first-order valence-electron chi connectivity index (χ1n) is 11.7. The Morgan fingerprint density at radius 2 is 0.950 bits per heavy atom. The third kappa shape index (κ3) is 7.65. The average Bonchev–Trinajstić information content (AvgIpc) is 2.90. The molecule has 204 valence electrons. The number of hydrogen-bond acceptors (Lipinski definition) is 9. The molecule has 9 heteroatoms. The number of aryl methyl sites for hydroxylation is 1. The smallest absolute Gasteiger partial charge is 0.189 e. The number of carbonyl (C=O) groups excluding carboxylic acids is 2. The van der Waals surface area contributed by atoms with Gasteiger partial charge in [-0.15, -0.1) is 0 Å². The summed E-state index contributed by atoms with van der Waals surface area (Å²) in [4.78, 5) is 23.8. The molecule has 0 heterocycles. The molecule has 0 aliphatic heterocycles. The van der Waals surface area contributed by atoms with Gasteiger partial charge >= 0.3 is 0 Å². The van der Waals surface area contributed by atoms with Crippen LogP contribution in [0.2, 0.25) is 0 Å². The molecule has 0 atom stereocenters. The normalized spacial score (nSPS) is 10.8. The summed E-state index contributed by atoms with van der Waals surface area (Å²) in [6, 6.07) is 16.6. The first-order valence-corrected chi connectivity index (χ1v) is 11.7. The SMILES string of the molecule is Cc1cc(/C=C/C(=O)c2ccc(O)cc2O)ccc1O.O=C(/C=C/c1ccc(O)c(O)c1)c1ccc(O)cc1O. The standard InChI is InChI=1S/C16H14O4.C15H12O5/c1-10-8-11(2-6-14(10)18)3-7-15(19)13-5-4-12(17)9-16(13)20;16-10-3-4-11(14(19)8-10)12(17)5-1-9-2-6-13(18)15(20)7-9/h2-9,17-18,20H,1H3;1-8,16,18-20H/b7-3+;5-1+. The van der Waals surface area contributed by atoms with Crippen LogP contribution in [0.25, 0.3) is 12.2 Å². The van der Waals surface area contributed by atoms with Gasteiger partial charge in [-0.3, -0.25) is 9.59 Å². The van der Waals surface area contributed by atoms with Gasteiger partial charge in [0.1, 0.15) is 28.7 Å². The van der Waals surface area contributed by atoms with Gasteiger partial charge < -0.3 is 35.7 Å². The lowest BCUT2D eigenvalue weighted by atomic mass is 10.1. The summed E-state index contributed by atoms with van der Waals surface area (Å²) in [6.45, 7) is 1.76. The van der Waals surface area contributed by atoms with Gasteiger partial charge in [-0.1, -0.05) is 24.3 Å². The first-order chi connectivity index (χ1) is 18.9. The number of ketones is 2. The molecule has 0 aromatic heterocycles. The lowest BCUT2D eigenvalue weighted by Gasteiger charge is -2.02. The van der Waals surface area contributed by atoms with E-state index in [0.717, 1.165) is 17.7 Å². The van der Waals surface area contributed by atoms with Crippen LogP contribution in [0.3, 0.4) is 0 Å². The van der Waals surface area contributed by atoms with E-state index in [2.05, 4.69) is 0 Å². The van der Waals surface area contributed by atoms with Crippen molar-refractivity contribution in [3.8, 4) is 40.2 Å². The molecule has 0 radical (unpaired) electrons. The van der Waals surface area contributed by atoms with Crippen molar-refractivity contribution >= 4 is 23.7 Å². The van der Waals surface area contributed by atoms with Crippen LogP contribution in [0, 0.1) is 6.92 Å². The van der Waals surface area contributed by atoms with Crippen LogP contribution in [-0.2, 0) is 0 Å². The van der Waals surface area contributed by atoms with Gasteiger partial charge in [-0.2, -0.15) is 0 Å². The molecule has 4 aromatic rings. The first kappa shape index (κ1) is 28.9. The molecular weight excluding hydrogens is 516 g/mol. The highest BCUT2D eigenvalue weighted by molar-refractivity contribution is 6.09. The third-order valence-corrected chi connectivity index (χ3v) is 5.57. The minimum Gasteiger partial charge on any atom is -0.508 e. The number of rotatable bonds is 6. The molecule has 0 aliphatic carbocycles. The molecular formula is C31H26O9. The van der Waals surface area contributed by atoms with Crippen LogP contribution in [0.15, 0.2) is 84.9 Å². The van der Waals surface area contributed by atoms with Crippen LogP contribution in [0.5, 0.6) is 40.2 Å². The Morgan fingerprint density at radius 3 is 1.38 bits per heavy atom. The van der Waals surface area contributed by atoms with Gasteiger partial charge in [0.25, 0.3) is 0 Å². The number of phenolic OH excluding ortho intramolecular Hbond substituents is 7. The highest BCUT2D eigenvalue weighted by Gasteiger charge is 2.10. The quantitative estimate of drug-likeness (QED) is 0.0953. The topological polar surface area (TPSA) is 176 Å². The van der Waals surface area contributed by atoms with Crippen molar-refractivity contribution in [2.75, 3.05) is 0 Å². The summed E-state index contributed by atoms with van der Waals surface area (Å²) in [5.41, 5.74) is 2.18. The minimum atomic E-state index is -0.449. The Hall–Kier alpha value is -5.70. The van der Waals surface area contributed by atoms with Crippen molar-refractivity contribution < 1.29 is 45.3 Å². The Kier molecular flexibility index (Phi) is 9.17. The van der Waals surface area contributed by atoms with Crippen LogP contribution in [0.1, 0.15) is 37.4 Å². The van der Waals surface area contributed by atoms with E-state index in [4.69, 9.17) is 10.2 Å². The summed E-state index contributed by atoms with van der Waals surface area (Å²) in [5, 5.41) is 65.4. The van der Waals surface area contributed by atoms with E-state index in [1.54, 1.807) is 31.2 Å². The van der Waals surface area contributed by atoms with Gasteiger partial charge in [0.2, 0.25) is 0 Å². The molecule has 0 saturated heterocycles. The van der Waals surface area contributed by atoms with Crippen molar-refractivity contribution in [3.05, 3.63) is 113 Å². The number of benzene rings is 4. The molecule has 9 nitrogen and oxygen atoms in total. The summed E-state index contributed by atoms with van der Waals surface area (Å²) >= 11 is 0. The van der Waals surface area contributed by atoms with E-state index in [0.29, 0.717) is 11.1 Å². The third-order valence-electron chi connectivity index (χ3n) is 5.57. The van der Waals surface area contributed by atoms with Crippen LogP contribution < -0.4 is 0 Å². The molecule has 4 rings (SSSR count). The van der Waals surface area contributed by atoms with Crippen LogP contribution in [-0.4, -0.2) is 47.3 Å². The van der Waals surface area contributed by atoms with E-state index >= 15 is 0 Å². The maximum Gasteiger partial charge on any atom is 0.189 e. The Labute approximate surface area is 229 Å². The minimum absolute atomic E-state index is 0.0575. The zero-order valence-electron chi connectivity index (χ0n) is 21.2. The fourth-order valence-electron chi connectivity index (χ4n) is 3.41. The van der Waals surface area contributed by atoms with Crippen LogP contribution >= 0.6 is 0 Å². The van der Waals surface area contributed by atoms with Crippen molar-refractivity contribution in [1.82, 2.24) is 0 Å². The fourth-order valence-corrected chi connectivity index (χ4v) is 3.41. The van der Waals surface area contributed by atoms with E-state index in [9.17, 15) is 35.1 Å². The number of allylic oxidation sites excluding steroid dienone is 2. The largest absolute Gasteiger partial charge is 0.508 e. The maximum atomic E-state index is 11.9. The highest BCUT2D eigenvalue weighted by Crippen LogP contribution is 2.27. The molecule has 40 heavy (non-hydrogen) atoms. The molecule has 7 N–H and O–H groups in total. The summed E-state index contributed by atoms with van der Waals surface area (Å²) < 4.78 is 0. The summed E-state index contributed by atoms with van der Waals surface area (Å²) in [5.74, 6) is -1.96. The van der Waals surface area contributed by atoms with Crippen molar-refractivity contribution in [2.45, 2.75) is 6.92 Å². The second-order valence-electron chi connectivity index (χ2n) is 8.59. The van der Waals surface area contributed by atoms with Crippen molar-refractivity contribution in [1.29, 1.82) is 0 Å². The van der Waals surface area contributed by atoms with Gasteiger partial charge in [0.15, 0.2) is 23.1 Å². The van der Waals surface area contributed by atoms with Gasteiger partial charge in [-0.25, -0.2) is 0 Å². The van der Waals surface area contributed by atoms with E-state index in [1.165, 1.54) is 60.7 Å². The average molecular weight is 543 g/mol. The highest BCUT2D eigenvalue weighted by atomic mass is 16.3. The maximum absolute atomic E-state index is 11.9. The lowest BCUT2D eigenvalue weighted by Crippen LogP contribution is -1.94. The second-order valence-corrected chi connectivity index (χ2v) is 8.59. The fraction of sp³-hybridized carbons (Fsp3) is 0.0323. The van der Waals surface area contributed by atoms with E-state index in [-0.39, 0.29) is 57.2 Å². The Bertz CT molecular complexity index is 1500. The van der Waals surface area contributed by atoms with Gasteiger partial charge in [-0.05, 0) is 84.3 Å². The predicted molar refractivity (Wildman–Crippen MR) is 149 cm³/mol. The number of hydrogen-bond donors (Lipinski definition) is 7.